The molecule has 0 unspecified atom stereocenters. The summed E-state index contributed by atoms with van der Waals surface area (Å²) < 4.78 is 5.68. The molecule has 0 bridgehead atoms. The molecule has 1 heterocycles. The van der Waals surface area contributed by atoms with Crippen LogP contribution >= 0.6 is 0 Å². The lowest BCUT2D eigenvalue weighted by atomic mass is 10.1. The number of nitrogens with one attached hydrogen (secondary N) is 2. The number of amides is 1. The number of ether oxygens (including phenoxy) is 1. The zero-order valence-corrected chi connectivity index (χ0v) is 12.9. The predicted octanol–water partition coefficient (Wildman–Crippen LogP) is 1.92. The minimum atomic E-state index is -0.0749. The lowest BCUT2D eigenvalue weighted by Crippen LogP contribution is -2.30. The van der Waals surface area contributed by atoms with Crippen molar-refractivity contribution in [3.8, 4) is 5.75 Å². The third-order valence-corrected chi connectivity index (χ3v) is 3.14. The third kappa shape index (κ3) is 4.86. The third-order valence-electron chi connectivity index (χ3n) is 3.14. The van der Waals surface area contributed by atoms with Gasteiger partial charge in [0.15, 0.2) is 0 Å². The summed E-state index contributed by atoms with van der Waals surface area (Å²) in [6.07, 6.45) is 1.70. The number of pyridine rings is 1. The van der Waals surface area contributed by atoms with Gasteiger partial charge in [0.25, 0.3) is 5.91 Å². The fraction of sp³-hybridized carbons (Fsp3) is 0.294. The SMILES string of the molecule is CNCCNC(=O)c1cccc(COc2ccc(C)nc2)c1. The Morgan fingerprint density at radius 3 is 2.82 bits per heavy atom. The molecule has 1 amide bonds. The van der Waals surface area contributed by atoms with Gasteiger partial charge in [-0.3, -0.25) is 9.78 Å². The molecule has 0 fully saturated rings. The number of aromatic nitrogens is 1. The predicted molar refractivity (Wildman–Crippen MR) is 86.0 cm³/mol. The number of carbonyl (C=O) groups excluding carboxylic acids is 1. The molecule has 5 nitrogen and oxygen atoms in total. The van der Waals surface area contributed by atoms with Crippen molar-refractivity contribution in [1.29, 1.82) is 0 Å². The molecule has 0 aliphatic heterocycles. The van der Waals surface area contributed by atoms with Crippen molar-refractivity contribution in [2.24, 2.45) is 0 Å². The van der Waals surface area contributed by atoms with Crippen LogP contribution in [0.4, 0.5) is 0 Å². The van der Waals surface area contributed by atoms with Gasteiger partial charge in [-0.15, -0.1) is 0 Å². The first-order valence-corrected chi connectivity index (χ1v) is 7.26. The average Bonchev–Trinajstić information content (AvgIpc) is 2.55. The molecule has 2 rings (SSSR count). The second-order valence-corrected chi connectivity index (χ2v) is 4.98. The van der Waals surface area contributed by atoms with E-state index in [2.05, 4.69) is 15.6 Å². The molecule has 0 saturated carbocycles. The number of nitrogens with zero attached hydrogens (tertiary/aromatic N) is 1. The number of hydrogen-bond acceptors (Lipinski definition) is 4. The Morgan fingerprint density at radius 2 is 2.09 bits per heavy atom. The number of aryl methyl sites for hydroxylation is 1. The summed E-state index contributed by atoms with van der Waals surface area (Å²) in [7, 11) is 1.85. The van der Waals surface area contributed by atoms with E-state index in [9.17, 15) is 4.79 Å². The second kappa shape index (κ2) is 8.14. The van der Waals surface area contributed by atoms with Gasteiger partial charge in [0.2, 0.25) is 0 Å². The highest BCUT2D eigenvalue weighted by atomic mass is 16.5. The number of rotatable bonds is 7. The summed E-state index contributed by atoms with van der Waals surface area (Å²) in [5.74, 6) is 0.642. The Labute approximate surface area is 130 Å². The van der Waals surface area contributed by atoms with Crippen LogP contribution in [0.3, 0.4) is 0 Å². The number of benzene rings is 1. The van der Waals surface area contributed by atoms with Gasteiger partial charge in [-0.25, -0.2) is 0 Å². The molecule has 0 atom stereocenters. The van der Waals surface area contributed by atoms with Crippen LogP contribution in [0.5, 0.6) is 5.75 Å². The lowest BCUT2D eigenvalue weighted by molar-refractivity contribution is 0.0954. The van der Waals surface area contributed by atoms with Gasteiger partial charge in [-0.1, -0.05) is 12.1 Å². The molecule has 1 aromatic carbocycles. The molecule has 2 aromatic rings. The molecule has 0 aliphatic rings. The van der Waals surface area contributed by atoms with E-state index in [-0.39, 0.29) is 5.91 Å². The minimum Gasteiger partial charge on any atom is -0.487 e. The summed E-state index contributed by atoms with van der Waals surface area (Å²) in [5.41, 5.74) is 2.54. The fourth-order valence-corrected chi connectivity index (χ4v) is 1.91. The van der Waals surface area contributed by atoms with Crippen molar-refractivity contribution in [1.82, 2.24) is 15.6 Å². The zero-order chi connectivity index (χ0) is 15.8. The molecule has 0 spiro atoms. The summed E-state index contributed by atoms with van der Waals surface area (Å²) in [6, 6.07) is 11.2. The van der Waals surface area contributed by atoms with Crippen LogP contribution in [-0.2, 0) is 6.61 Å². The van der Waals surface area contributed by atoms with Gasteiger partial charge in [0.05, 0.1) is 6.20 Å². The van der Waals surface area contributed by atoms with E-state index in [1.165, 1.54) is 0 Å². The van der Waals surface area contributed by atoms with Crippen LogP contribution in [0.2, 0.25) is 0 Å². The molecule has 0 aliphatic carbocycles. The second-order valence-electron chi connectivity index (χ2n) is 4.98. The first-order valence-electron chi connectivity index (χ1n) is 7.26. The molecule has 116 valence electrons. The van der Waals surface area contributed by atoms with Crippen molar-refractivity contribution >= 4 is 5.91 Å². The van der Waals surface area contributed by atoms with E-state index in [1.807, 2.05) is 44.3 Å². The van der Waals surface area contributed by atoms with Crippen molar-refractivity contribution < 1.29 is 9.53 Å². The molecule has 2 N–H and O–H groups in total. The van der Waals surface area contributed by atoms with Crippen LogP contribution in [0.25, 0.3) is 0 Å². The van der Waals surface area contributed by atoms with E-state index in [0.29, 0.717) is 18.7 Å². The maximum atomic E-state index is 12.0. The first kappa shape index (κ1) is 16.0. The Balaban J connectivity index is 1.93. The minimum absolute atomic E-state index is 0.0749. The zero-order valence-electron chi connectivity index (χ0n) is 12.9. The van der Waals surface area contributed by atoms with Gasteiger partial charge in [0.1, 0.15) is 12.4 Å². The highest BCUT2D eigenvalue weighted by Crippen LogP contribution is 2.12. The van der Waals surface area contributed by atoms with E-state index in [1.54, 1.807) is 12.3 Å². The highest BCUT2D eigenvalue weighted by molar-refractivity contribution is 5.94. The summed E-state index contributed by atoms with van der Waals surface area (Å²) in [4.78, 5) is 16.2. The molecule has 0 radical (unpaired) electrons. The van der Waals surface area contributed by atoms with Gasteiger partial charge in [-0.2, -0.15) is 0 Å². The highest BCUT2D eigenvalue weighted by Gasteiger charge is 2.06. The topological polar surface area (TPSA) is 63.2 Å². The van der Waals surface area contributed by atoms with Gasteiger partial charge >= 0.3 is 0 Å². The number of likely N-dealkylation sites (N-methyl/N-ethyl adjacent to an activating group) is 1. The van der Waals surface area contributed by atoms with E-state index in [0.717, 1.165) is 23.6 Å². The molecular weight excluding hydrogens is 278 g/mol. The van der Waals surface area contributed by atoms with Crippen LogP contribution < -0.4 is 15.4 Å². The van der Waals surface area contributed by atoms with Crippen LogP contribution in [0.1, 0.15) is 21.6 Å². The van der Waals surface area contributed by atoms with Gasteiger partial charge in [-0.05, 0) is 43.8 Å². The number of carbonyl (C=O) groups is 1. The normalized spacial score (nSPS) is 10.3. The van der Waals surface area contributed by atoms with E-state index < -0.39 is 0 Å². The van der Waals surface area contributed by atoms with Crippen molar-refractivity contribution in [2.45, 2.75) is 13.5 Å². The summed E-state index contributed by atoms with van der Waals surface area (Å²) in [6.45, 7) is 3.68. The monoisotopic (exact) mass is 299 g/mol. The van der Waals surface area contributed by atoms with E-state index >= 15 is 0 Å². The van der Waals surface area contributed by atoms with Gasteiger partial charge < -0.3 is 15.4 Å². The van der Waals surface area contributed by atoms with Crippen LogP contribution in [0.15, 0.2) is 42.6 Å². The fourth-order valence-electron chi connectivity index (χ4n) is 1.91. The van der Waals surface area contributed by atoms with Crippen molar-refractivity contribution in [3.63, 3.8) is 0 Å². The summed E-state index contributed by atoms with van der Waals surface area (Å²) >= 11 is 0. The maximum absolute atomic E-state index is 12.0. The van der Waals surface area contributed by atoms with Crippen LogP contribution in [-0.4, -0.2) is 31.0 Å². The van der Waals surface area contributed by atoms with Crippen LogP contribution in [0, 0.1) is 6.92 Å². The molecule has 5 heteroatoms. The standard InChI is InChI=1S/C17H21N3O2/c1-13-6-7-16(11-20-13)22-12-14-4-3-5-15(10-14)17(21)19-9-8-18-2/h3-7,10-11,18H,8-9,12H2,1-2H3,(H,19,21). The average molecular weight is 299 g/mol. The number of hydrogen-bond donors (Lipinski definition) is 2. The molecule has 22 heavy (non-hydrogen) atoms. The van der Waals surface area contributed by atoms with E-state index in [4.69, 9.17) is 4.74 Å². The Hall–Kier alpha value is -2.40. The quantitative estimate of drug-likeness (QED) is 0.767. The lowest BCUT2D eigenvalue weighted by Gasteiger charge is -2.08. The maximum Gasteiger partial charge on any atom is 0.251 e. The Bertz CT molecular complexity index is 612. The van der Waals surface area contributed by atoms with Gasteiger partial charge in [0, 0.05) is 24.3 Å². The van der Waals surface area contributed by atoms with Crippen molar-refractivity contribution in [3.05, 3.63) is 59.4 Å². The molecule has 1 aromatic heterocycles. The summed E-state index contributed by atoms with van der Waals surface area (Å²) in [5, 5.41) is 5.84. The Kier molecular flexibility index (Phi) is 5.91. The largest absolute Gasteiger partial charge is 0.487 e. The first-order chi connectivity index (χ1) is 10.7. The van der Waals surface area contributed by atoms with Crippen molar-refractivity contribution in [2.75, 3.05) is 20.1 Å². The Morgan fingerprint density at radius 1 is 1.23 bits per heavy atom. The molecule has 0 saturated heterocycles. The molecular formula is C17H21N3O2. The smallest absolute Gasteiger partial charge is 0.251 e.